The van der Waals surface area contributed by atoms with Gasteiger partial charge in [-0.05, 0) is 58.7 Å². The minimum atomic E-state index is -0.132. The molecule has 0 radical (unpaired) electrons. The van der Waals surface area contributed by atoms with Crippen LogP contribution in [-0.4, -0.2) is 20.8 Å². The zero-order valence-corrected chi connectivity index (χ0v) is 18.9. The van der Waals surface area contributed by atoms with Crippen LogP contribution >= 0.6 is 0 Å². The number of anilines is 1. The van der Waals surface area contributed by atoms with E-state index in [-0.39, 0.29) is 17.9 Å². The number of aromatic nitrogens is 2. The molecule has 1 unspecified atom stereocenters. The number of carbonyl (C=O) groups is 1. The van der Waals surface area contributed by atoms with Crippen LogP contribution in [0.2, 0.25) is 0 Å². The van der Waals surface area contributed by atoms with Gasteiger partial charge in [-0.1, -0.05) is 61.0 Å². The van der Waals surface area contributed by atoms with Gasteiger partial charge < -0.3 is 16.4 Å². The number of fused-ring (bicyclic) bond motifs is 2. The number of nitrogens with zero attached hydrogens (tertiary/aromatic N) is 3. The SMILES string of the molecule is Nc1nc(C(=O)N2Cc3ccccc3C2)c2cc(-c3ccccc3C(N)C3CCC3)ccc2n1. The molecule has 1 aromatic heterocycles. The van der Waals surface area contributed by atoms with E-state index in [0.717, 1.165) is 16.7 Å². The summed E-state index contributed by atoms with van der Waals surface area (Å²) in [5, 5.41) is 0.708. The van der Waals surface area contributed by atoms with Crippen molar-refractivity contribution in [3.63, 3.8) is 0 Å². The summed E-state index contributed by atoms with van der Waals surface area (Å²) in [4.78, 5) is 24.2. The van der Waals surface area contributed by atoms with Crippen molar-refractivity contribution >= 4 is 22.8 Å². The molecule has 0 bridgehead atoms. The van der Waals surface area contributed by atoms with Crippen molar-refractivity contribution in [3.05, 3.63) is 89.1 Å². The lowest BCUT2D eigenvalue weighted by atomic mass is 9.76. The van der Waals surface area contributed by atoms with E-state index in [4.69, 9.17) is 11.5 Å². The van der Waals surface area contributed by atoms with Gasteiger partial charge in [-0.15, -0.1) is 0 Å². The van der Waals surface area contributed by atoms with E-state index in [1.165, 1.54) is 30.4 Å². The molecule has 6 nitrogen and oxygen atoms in total. The Hall–Kier alpha value is -3.77. The fourth-order valence-corrected chi connectivity index (χ4v) is 5.21. The summed E-state index contributed by atoms with van der Waals surface area (Å²) in [6, 6.07) is 22.4. The average Bonchev–Trinajstić information content (AvgIpc) is 3.26. The Bertz CT molecular complexity index is 1390. The second-order valence-electron chi connectivity index (χ2n) is 9.40. The van der Waals surface area contributed by atoms with E-state index >= 15 is 0 Å². The van der Waals surface area contributed by atoms with Crippen LogP contribution in [0.15, 0.2) is 66.7 Å². The van der Waals surface area contributed by atoms with Crippen LogP contribution in [0.3, 0.4) is 0 Å². The molecule has 0 saturated heterocycles. The molecule has 170 valence electrons. The number of hydrogen-bond acceptors (Lipinski definition) is 5. The lowest BCUT2D eigenvalue weighted by molar-refractivity contribution is 0.0747. The summed E-state index contributed by atoms with van der Waals surface area (Å²) in [6.07, 6.45) is 3.61. The largest absolute Gasteiger partial charge is 0.368 e. The average molecular weight is 450 g/mol. The number of amides is 1. The first-order valence-corrected chi connectivity index (χ1v) is 11.9. The van der Waals surface area contributed by atoms with E-state index in [2.05, 4.69) is 34.2 Å². The number of rotatable bonds is 4. The molecule has 1 fully saturated rings. The Labute approximate surface area is 198 Å². The van der Waals surface area contributed by atoms with Crippen molar-refractivity contribution < 1.29 is 4.79 Å². The summed E-state index contributed by atoms with van der Waals surface area (Å²) in [5.41, 5.74) is 19.3. The molecule has 2 aliphatic rings. The first-order valence-electron chi connectivity index (χ1n) is 11.9. The second kappa shape index (κ2) is 8.22. The molecule has 0 spiro atoms. The molecule has 1 aliphatic carbocycles. The Morgan fingerprint density at radius 1 is 0.941 bits per heavy atom. The summed E-state index contributed by atoms with van der Waals surface area (Å²) in [7, 11) is 0. The molecule has 1 saturated carbocycles. The third-order valence-corrected chi connectivity index (χ3v) is 7.33. The third-order valence-electron chi connectivity index (χ3n) is 7.33. The third kappa shape index (κ3) is 3.51. The van der Waals surface area contributed by atoms with Gasteiger partial charge >= 0.3 is 0 Å². The second-order valence-corrected chi connectivity index (χ2v) is 9.40. The highest BCUT2D eigenvalue weighted by molar-refractivity contribution is 6.06. The maximum atomic E-state index is 13.6. The molecular weight excluding hydrogens is 422 g/mol. The molecule has 4 aromatic rings. The van der Waals surface area contributed by atoms with Gasteiger partial charge in [0.25, 0.3) is 5.91 Å². The highest BCUT2D eigenvalue weighted by Crippen LogP contribution is 2.40. The molecule has 1 aliphatic heterocycles. The summed E-state index contributed by atoms with van der Waals surface area (Å²) < 4.78 is 0. The molecule has 3 aromatic carbocycles. The van der Waals surface area contributed by atoms with E-state index in [9.17, 15) is 4.79 Å². The van der Waals surface area contributed by atoms with Gasteiger partial charge in [-0.2, -0.15) is 0 Å². The van der Waals surface area contributed by atoms with E-state index in [1.54, 1.807) is 0 Å². The standard InChI is InChI=1S/C28H27N5O/c29-25(17-8-5-9-17)22-11-4-3-10-21(22)18-12-13-24-23(14-18)26(32-28(30)31-24)27(34)33-15-19-6-1-2-7-20(19)16-33/h1-4,6-7,10-14,17,25H,5,8-9,15-16,29H2,(H2,30,31,32). The minimum Gasteiger partial charge on any atom is -0.368 e. The van der Waals surface area contributed by atoms with E-state index in [1.807, 2.05) is 47.4 Å². The molecule has 1 amide bonds. The van der Waals surface area contributed by atoms with Crippen molar-refractivity contribution in [2.24, 2.45) is 11.7 Å². The van der Waals surface area contributed by atoms with Gasteiger partial charge in [0.1, 0.15) is 5.69 Å². The maximum absolute atomic E-state index is 13.6. The van der Waals surface area contributed by atoms with Crippen molar-refractivity contribution in [1.29, 1.82) is 0 Å². The Balaban J connectivity index is 1.42. The number of hydrogen-bond donors (Lipinski definition) is 2. The molecule has 34 heavy (non-hydrogen) atoms. The topological polar surface area (TPSA) is 98.1 Å². The fraction of sp³-hybridized carbons (Fsp3) is 0.250. The molecule has 1 atom stereocenters. The normalized spacial score (nSPS) is 16.3. The van der Waals surface area contributed by atoms with Crippen LogP contribution in [0.1, 0.15) is 52.5 Å². The smallest absolute Gasteiger partial charge is 0.273 e. The lowest BCUT2D eigenvalue weighted by Gasteiger charge is -2.32. The van der Waals surface area contributed by atoms with Crippen LogP contribution in [0.5, 0.6) is 0 Å². The number of benzene rings is 3. The molecule has 2 heterocycles. The zero-order chi connectivity index (χ0) is 23.2. The highest BCUT2D eigenvalue weighted by atomic mass is 16.2. The monoisotopic (exact) mass is 449 g/mol. The van der Waals surface area contributed by atoms with Gasteiger partial charge in [0.05, 0.1) is 5.52 Å². The quantitative estimate of drug-likeness (QED) is 0.465. The highest BCUT2D eigenvalue weighted by Gasteiger charge is 2.29. The molecular formula is C28H27N5O. The lowest BCUT2D eigenvalue weighted by Crippen LogP contribution is -2.27. The van der Waals surface area contributed by atoms with Crippen LogP contribution in [0, 0.1) is 5.92 Å². The first kappa shape index (κ1) is 20.8. The van der Waals surface area contributed by atoms with Gasteiger partial charge in [0.15, 0.2) is 0 Å². The predicted octanol–water partition coefficient (Wildman–Crippen LogP) is 4.83. The number of carbonyl (C=O) groups excluding carboxylic acids is 1. The van der Waals surface area contributed by atoms with Gasteiger partial charge in [-0.25, -0.2) is 9.97 Å². The summed E-state index contributed by atoms with van der Waals surface area (Å²) in [6.45, 7) is 1.14. The van der Waals surface area contributed by atoms with Crippen LogP contribution in [0.4, 0.5) is 5.95 Å². The van der Waals surface area contributed by atoms with Crippen LogP contribution in [-0.2, 0) is 13.1 Å². The van der Waals surface area contributed by atoms with Crippen molar-refractivity contribution in [2.75, 3.05) is 5.73 Å². The van der Waals surface area contributed by atoms with Crippen molar-refractivity contribution in [3.8, 4) is 11.1 Å². The summed E-state index contributed by atoms with van der Waals surface area (Å²) in [5.74, 6) is 0.498. The maximum Gasteiger partial charge on any atom is 0.273 e. The van der Waals surface area contributed by atoms with Crippen LogP contribution < -0.4 is 11.5 Å². The van der Waals surface area contributed by atoms with Gasteiger partial charge in [-0.3, -0.25) is 4.79 Å². The van der Waals surface area contributed by atoms with Gasteiger partial charge in [0.2, 0.25) is 5.95 Å². The van der Waals surface area contributed by atoms with E-state index in [0.29, 0.717) is 35.6 Å². The molecule has 6 heteroatoms. The fourth-order valence-electron chi connectivity index (χ4n) is 5.21. The molecule has 6 rings (SSSR count). The number of nitrogens with two attached hydrogens (primary N) is 2. The van der Waals surface area contributed by atoms with Crippen molar-refractivity contribution in [2.45, 2.75) is 38.4 Å². The molecule has 4 N–H and O–H groups in total. The Morgan fingerprint density at radius 2 is 1.65 bits per heavy atom. The Morgan fingerprint density at radius 3 is 2.35 bits per heavy atom. The zero-order valence-electron chi connectivity index (χ0n) is 18.9. The summed E-state index contributed by atoms with van der Waals surface area (Å²) >= 11 is 0. The van der Waals surface area contributed by atoms with Crippen LogP contribution in [0.25, 0.3) is 22.0 Å². The van der Waals surface area contributed by atoms with Crippen molar-refractivity contribution in [1.82, 2.24) is 14.9 Å². The first-order chi connectivity index (χ1) is 16.6. The minimum absolute atomic E-state index is 0.00696. The van der Waals surface area contributed by atoms with E-state index < -0.39 is 0 Å². The predicted molar refractivity (Wildman–Crippen MR) is 134 cm³/mol. The van der Waals surface area contributed by atoms with Gasteiger partial charge in [0, 0.05) is 24.5 Å². The number of nitrogen functional groups attached to an aromatic ring is 1. The Kier molecular flexibility index (Phi) is 5.03.